The van der Waals surface area contributed by atoms with Crippen molar-refractivity contribution in [2.75, 3.05) is 6.54 Å². The van der Waals surface area contributed by atoms with Gasteiger partial charge in [0.15, 0.2) is 0 Å². The minimum absolute atomic E-state index is 0.0653. The lowest BCUT2D eigenvalue weighted by Crippen LogP contribution is -2.53. The van der Waals surface area contributed by atoms with Crippen molar-refractivity contribution in [2.45, 2.75) is 51.2 Å². The van der Waals surface area contributed by atoms with Crippen LogP contribution in [0.3, 0.4) is 0 Å². The summed E-state index contributed by atoms with van der Waals surface area (Å²) in [6.45, 7) is 2.89. The van der Waals surface area contributed by atoms with Crippen molar-refractivity contribution >= 4 is 11.5 Å². The number of hydrogen-bond donors (Lipinski definition) is 3. The molecule has 2 aromatic carbocycles. The predicted molar refractivity (Wildman–Crippen MR) is 142 cm³/mol. The Kier molecular flexibility index (Phi) is 7.16. The fourth-order valence-electron chi connectivity index (χ4n) is 5.59. The molecule has 5 nitrogen and oxygen atoms in total. The summed E-state index contributed by atoms with van der Waals surface area (Å²) in [4.78, 5) is 13.4. The fourth-order valence-corrected chi connectivity index (χ4v) is 5.59. The van der Waals surface area contributed by atoms with Crippen LogP contribution in [-0.2, 0) is 11.2 Å². The van der Waals surface area contributed by atoms with Gasteiger partial charge in [-0.3, -0.25) is 9.80 Å². The van der Waals surface area contributed by atoms with Gasteiger partial charge < -0.3 is 11.1 Å². The van der Waals surface area contributed by atoms with Crippen LogP contribution in [0.4, 0.5) is 0 Å². The first kappa shape index (κ1) is 23.6. The van der Waals surface area contributed by atoms with E-state index in [1.54, 1.807) is 0 Å². The zero-order valence-corrected chi connectivity index (χ0v) is 20.5. The van der Waals surface area contributed by atoms with E-state index in [-0.39, 0.29) is 24.0 Å². The maximum atomic E-state index is 13.4. The van der Waals surface area contributed by atoms with Crippen molar-refractivity contribution in [3.05, 3.63) is 101 Å². The number of nitrogens with two attached hydrogens (primary N) is 1. The third-order valence-electron chi connectivity index (χ3n) is 7.65. The van der Waals surface area contributed by atoms with Crippen LogP contribution in [0.15, 0.2) is 90.2 Å². The van der Waals surface area contributed by atoms with Gasteiger partial charge in [0.25, 0.3) is 0 Å². The largest absolute Gasteiger partial charge is 0.334 e. The Labute approximate surface area is 208 Å². The van der Waals surface area contributed by atoms with E-state index >= 15 is 0 Å². The van der Waals surface area contributed by atoms with Gasteiger partial charge in [0, 0.05) is 24.1 Å². The third kappa shape index (κ3) is 5.26. The molecule has 2 aromatic rings. The molecule has 182 valence electrons. The van der Waals surface area contributed by atoms with E-state index in [4.69, 9.17) is 5.73 Å². The van der Waals surface area contributed by atoms with Crippen LogP contribution in [-0.4, -0.2) is 29.7 Å². The molecule has 1 fully saturated rings. The van der Waals surface area contributed by atoms with Crippen molar-refractivity contribution < 1.29 is 4.79 Å². The SMILES string of the molecule is CC1=C(c2ccccc2)C2=CN([C@@H](Cc3ccccc3)NC(=O)C3CCC(CN)CC3)NC2C=C1. The molecule has 2 atom stereocenters. The van der Waals surface area contributed by atoms with Gasteiger partial charge in [0.05, 0.1) is 6.04 Å². The summed E-state index contributed by atoms with van der Waals surface area (Å²) in [5.74, 6) is 0.781. The van der Waals surface area contributed by atoms with E-state index in [9.17, 15) is 4.79 Å². The Morgan fingerprint density at radius 1 is 1.06 bits per heavy atom. The van der Waals surface area contributed by atoms with Gasteiger partial charge in [0.2, 0.25) is 5.91 Å². The van der Waals surface area contributed by atoms with Crippen LogP contribution in [0.25, 0.3) is 5.57 Å². The number of nitrogens with zero attached hydrogens (tertiary/aromatic N) is 1. The molecular formula is C30H36N4O. The molecule has 5 rings (SSSR count). The average Bonchev–Trinajstić information content (AvgIpc) is 3.33. The van der Waals surface area contributed by atoms with Gasteiger partial charge in [0.1, 0.15) is 6.17 Å². The van der Waals surface area contributed by atoms with Crippen LogP contribution in [0.1, 0.15) is 43.7 Å². The number of carbonyl (C=O) groups excluding carboxylic acids is 1. The third-order valence-corrected chi connectivity index (χ3v) is 7.65. The van der Waals surface area contributed by atoms with Crippen LogP contribution >= 0.6 is 0 Å². The van der Waals surface area contributed by atoms with E-state index in [2.05, 4.69) is 95.6 Å². The second-order valence-corrected chi connectivity index (χ2v) is 10.0. The zero-order chi connectivity index (χ0) is 24.2. The van der Waals surface area contributed by atoms with Gasteiger partial charge in [-0.05, 0) is 67.3 Å². The average molecular weight is 469 g/mol. The summed E-state index contributed by atoms with van der Waals surface area (Å²) in [5, 5.41) is 5.51. The van der Waals surface area contributed by atoms with Crippen LogP contribution in [0.5, 0.6) is 0 Å². The topological polar surface area (TPSA) is 70.4 Å². The zero-order valence-electron chi connectivity index (χ0n) is 20.5. The molecule has 1 amide bonds. The number of amides is 1. The minimum Gasteiger partial charge on any atom is -0.334 e. The lowest BCUT2D eigenvalue weighted by Gasteiger charge is -2.33. The molecular weight excluding hydrogens is 432 g/mol. The Bertz CT molecular complexity index is 1110. The molecule has 0 bridgehead atoms. The van der Waals surface area contributed by atoms with Crippen LogP contribution in [0.2, 0.25) is 0 Å². The van der Waals surface area contributed by atoms with Gasteiger partial charge >= 0.3 is 0 Å². The lowest BCUT2D eigenvalue weighted by atomic mass is 9.81. The number of benzene rings is 2. The van der Waals surface area contributed by atoms with Crippen molar-refractivity contribution in [3.8, 4) is 0 Å². The molecule has 1 saturated carbocycles. The molecule has 1 aliphatic heterocycles. The highest BCUT2D eigenvalue weighted by molar-refractivity contribution is 5.86. The van der Waals surface area contributed by atoms with Gasteiger partial charge in [-0.15, -0.1) is 0 Å². The smallest absolute Gasteiger partial charge is 0.224 e. The van der Waals surface area contributed by atoms with Crippen molar-refractivity contribution in [1.82, 2.24) is 15.8 Å². The number of allylic oxidation sites excluding steroid dienone is 2. The molecule has 4 N–H and O–H groups in total. The first-order valence-electron chi connectivity index (χ1n) is 12.9. The summed E-state index contributed by atoms with van der Waals surface area (Å²) in [6, 6.07) is 21.0. The fraction of sp³-hybridized carbons (Fsp3) is 0.367. The maximum absolute atomic E-state index is 13.4. The van der Waals surface area contributed by atoms with E-state index < -0.39 is 0 Å². The monoisotopic (exact) mass is 468 g/mol. The summed E-state index contributed by atoms with van der Waals surface area (Å²) in [6.07, 6.45) is 11.1. The molecule has 0 saturated heterocycles. The molecule has 2 aliphatic carbocycles. The minimum atomic E-state index is -0.180. The Hall–Kier alpha value is -3.15. The summed E-state index contributed by atoms with van der Waals surface area (Å²) in [7, 11) is 0. The van der Waals surface area contributed by atoms with Crippen LogP contribution < -0.4 is 16.5 Å². The highest BCUT2D eigenvalue weighted by atomic mass is 16.2. The highest BCUT2D eigenvalue weighted by Gasteiger charge is 2.34. The van der Waals surface area contributed by atoms with E-state index in [1.807, 2.05) is 6.07 Å². The molecule has 0 radical (unpaired) electrons. The predicted octanol–water partition coefficient (Wildman–Crippen LogP) is 4.55. The van der Waals surface area contributed by atoms with Crippen molar-refractivity contribution in [3.63, 3.8) is 0 Å². The molecule has 0 aromatic heterocycles. The first-order chi connectivity index (χ1) is 17.1. The quantitative estimate of drug-likeness (QED) is 0.557. The summed E-state index contributed by atoms with van der Waals surface area (Å²) >= 11 is 0. The number of hydrogen-bond acceptors (Lipinski definition) is 4. The number of nitrogens with one attached hydrogen (secondary N) is 2. The van der Waals surface area contributed by atoms with Crippen molar-refractivity contribution in [2.24, 2.45) is 17.6 Å². The molecule has 3 aliphatic rings. The molecule has 1 unspecified atom stereocenters. The number of fused-ring (bicyclic) bond motifs is 1. The van der Waals surface area contributed by atoms with Gasteiger partial charge in [-0.1, -0.05) is 72.8 Å². The summed E-state index contributed by atoms with van der Waals surface area (Å²) in [5.41, 5.74) is 15.7. The molecule has 5 heteroatoms. The number of carbonyl (C=O) groups is 1. The van der Waals surface area contributed by atoms with Gasteiger partial charge in [-0.25, -0.2) is 5.43 Å². The number of rotatable bonds is 7. The van der Waals surface area contributed by atoms with E-state index in [0.29, 0.717) is 5.92 Å². The Balaban J connectivity index is 1.39. The Morgan fingerprint density at radius 3 is 2.43 bits per heavy atom. The number of hydrazine groups is 1. The van der Waals surface area contributed by atoms with E-state index in [0.717, 1.165) is 38.6 Å². The molecule has 35 heavy (non-hydrogen) atoms. The lowest BCUT2D eigenvalue weighted by molar-refractivity contribution is -0.128. The second kappa shape index (κ2) is 10.6. The molecule has 0 spiro atoms. The maximum Gasteiger partial charge on any atom is 0.224 e. The highest BCUT2D eigenvalue weighted by Crippen LogP contribution is 2.36. The standard InChI is InChI=1S/C30H36N4O/c1-21-12-17-27-26(29(21)24-10-6-3-7-11-24)20-34(33-27)28(18-22-8-4-2-5-9-22)32-30(35)25-15-13-23(19-31)14-16-25/h2-12,17,20,23,25,27-28,33H,13-16,18-19,31H2,1H3,(H,32,35)/t23?,25?,27?,28-/m0/s1. The Morgan fingerprint density at radius 2 is 1.74 bits per heavy atom. The van der Waals surface area contributed by atoms with Crippen molar-refractivity contribution in [1.29, 1.82) is 0 Å². The second-order valence-electron chi connectivity index (χ2n) is 10.0. The van der Waals surface area contributed by atoms with Gasteiger partial charge in [-0.2, -0.15) is 0 Å². The molecule has 1 heterocycles. The van der Waals surface area contributed by atoms with Crippen LogP contribution in [0, 0.1) is 11.8 Å². The first-order valence-corrected chi connectivity index (χ1v) is 12.9. The van der Waals surface area contributed by atoms with E-state index in [1.165, 1.54) is 27.8 Å². The summed E-state index contributed by atoms with van der Waals surface area (Å²) < 4.78 is 0. The normalized spacial score (nSPS) is 24.7.